The first kappa shape index (κ1) is 22.8. The van der Waals surface area contributed by atoms with E-state index in [0.717, 1.165) is 11.1 Å². The third-order valence-corrected chi connectivity index (χ3v) is 4.42. The second-order valence-corrected chi connectivity index (χ2v) is 6.86. The van der Waals surface area contributed by atoms with E-state index in [1.165, 1.54) is 24.3 Å². The van der Waals surface area contributed by atoms with Crippen molar-refractivity contribution >= 4 is 17.5 Å². The van der Waals surface area contributed by atoms with Crippen molar-refractivity contribution in [2.45, 2.75) is 25.7 Å². The summed E-state index contributed by atoms with van der Waals surface area (Å²) >= 11 is 0. The van der Waals surface area contributed by atoms with Gasteiger partial charge in [0.25, 0.3) is 5.91 Å². The number of halogens is 3. The molecule has 3 rings (SSSR count). The summed E-state index contributed by atoms with van der Waals surface area (Å²) < 4.78 is 40.3. The molecule has 0 saturated carbocycles. The van der Waals surface area contributed by atoms with Gasteiger partial charge in [-0.05, 0) is 53.9 Å². The minimum absolute atomic E-state index is 0.186. The maximum Gasteiger partial charge on any atom is 0.573 e. The van der Waals surface area contributed by atoms with Gasteiger partial charge >= 0.3 is 6.36 Å². The predicted octanol–water partition coefficient (Wildman–Crippen LogP) is 4.48. The highest BCUT2D eigenvalue weighted by atomic mass is 19.4. The average Bonchev–Trinajstić information content (AvgIpc) is 2.77. The smallest absolute Gasteiger partial charge is 0.406 e. The fraction of sp³-hybridized carbons (Fsp3) is 0.174. The largest absolute Gasteiger partial charge is 0.573 e. The zero-order chi connectivity index (χ0) is 23.0. The number of alkyl halides is 3. The van der Waals surface area contributed by atoms with E-state index in [1.54, 1.807) is 48.8 Å². The molecule has 0 spiro atoms. The molecule has 0 aliphatic carbocycles. The number of carbonyl (C=O) groups is 2. The van der Waals surface area contributed by atoms with Crippen LogP contribution >= 0.6 is 0 Å². The molecule has 0 fully saturated rings. The van der Waals surface area contributed by atoms with Crippen LogP contribution < -0.4 is 15.4 Å². The van der Waals surface area contributed by atoms with E-state index in [-0.39, 0.29) is 24.0 Å². The van der Waals surface area contributed by atoms with Crippen molar-refractivity contribution in [3.63, 3.8) is 0 Å². The molecule has 0 saturated heterocycles. The molecular formula is C23H20F3N3O3. The van der Waals surface area contributed by atoms with Crippen molar-refractivity contribution < 1.29 is 27.5 Å². The molecule has 6 nitrogen and oxygen atoms in total. The molecule has 0 unspecified atom stereocenters. The number of anilines is 1. The van der Waals surface area contributed by atoms with E-state index in [1.807, 2.05) is 0 Å². The van der Waals surface area contributed by atoms with Crippen LogP contribution in [0.5, 0.6) is 5.75 Å². The molecular weight excluding hydrogens is 423 g/mol. The molecule has 0 bridgehead atoms. The van der Waals surface area contributed by atoms with E-state index in [0.29, 0.717) is 24.2 Å². The number of ether oxygens (including phenoxy) is 1. The third kappa shape index (κ3) is 7.42. The fourth-order valence-corrected chi connectivity index (χ4v) is 2.82. The first-order valence-electron chi connectivity index (χ1n) is 9.70. The summed E-state index contributed by atoms with van der Waals surface area (Å²) in [7, 11) is 0. The lowest BCUT2D eigenvalue weighted by Gasteiger charge is -2.09. The molecule has 2 aromatic carbocycles. The Morgan fingerprint density at radius 2 is 1.62 bits per heavy atom. The Kier molecular flexibility index (Phi) is 7.43. The molecule has 32 heavy (non-hydrogen) atoms. The molecule has 2 N–H and O–H groups in total. The number of aryl methyl sites for hydroxylation is 1. The first-order valence-corrected chi connectivity index (χ1v) is 9.70. The Balaban J connectivity index is 1.42. The van der Waals surface area contributed by atoms with Crippen LogP contribution in [0.2, 0.25) is 0 Å². The van der Waals surface area contributed by atoms with E-state index < -0.39 is 6.36 Å². The highest BCUT2D eigenvalue weighted by molar-refractivity contribution is 6.04. The SMILES string of the molecule is O=C(CCc1ccc(OC(F)(F)F)cc1)NCc1ccc(C(=O)Nc2cccnc2)cc1. The Hall–Kier alpha value is -3.88. The van der Waals surface area contributed by atoms with Gasteiger partial charge in [0, 0.05) is 24.7 Å². The summed E-state index contributed by atoms with van der Waals surface area (Å²) in [5.41, 5.74) is 2.61. The standard InChI is InChI=1S/C23H20F3N3O3/c24-23(25,26)32-20-10-5-16(6-11-20)7-12-21(30)28-14-17-3-8-18(9-4-17)22(31)29-19-2-1-13-27-15-19/h1-6,8-11,13,15H,7,12,14H2,(H,28,30)(H,29,31). The number of amides is 2. The molecule has 0 aliphatic heterocycles. The third-order valence-electron chi connectivity index (χ3n) is 4.42. The van der Waals surface area contributed by atoms with Crippen LogP contribution in [-0.2, 0) is 17.8 Å². The van der Waals surface area contributed by atoms with E-state index in [9.17, 15) is 22.8 Å². The van der Waals surface area contributed by atoms with Crippen LogP contribution in [-0.4, -0.2) is 23.2 Å². The van der Waals surface area contributed by atoms with Crippen LogP contribution in [0.4, 0.5) is 18.9 Å². The molecule has 3 aromatic rings. The molecule has 2 amide bonds. The summed E-state index contributed by atoms with van der Waals surface area (Å²) in [5.74, 6) is -0.762. The van der Waals surface area contributed by atoms with Gasteiger partial charge in [-0.2, -0.15) is 0 Å². The monoisotopic (exact) mass is 443 g/mol. The maximum atomic E-state index is 12.2. The molecule has 0 atom stereocenters. The molecule has 1 heterocycles. The predicted molar refractivity (Wildman–Crippen MR) is 112 cm³/mol. The van der Waals surface area contributed by atoms with Crippen LogP contribution in [0.1, 0.15) is 27.9 Å². The summed E-state index contributed by atoms with van der Waals surface area (Å²) in [6, 6.07) is 15.7. The average molecular weight is 443 g/mol. The second-order valence-electron chi connectivity index (χ2n) is 6.86. The Morgan fingerprint density at radius 3 is 2.25 bits per heavy atom. The van der Waals surface area contributed by atoms with Gasteiger partial charge in [0.1, 0.15) is 5.75 Å². The van der Waals surface area contributed by atoms with Crippen LogP contribution in [0.3, 0.4) is 0 Å². The van der Waals surface area contributed by atoms with Gasteiger partial charge in [0.05, 0.1) is 11.9 Å². The number of carbonyl (C=O) groups excluding carboxylic acids is 2. The summed E-state index contributed by atoms with van der Waals surface area (Å²) in [6.45, 7) is 0.293. The first-order chi connectivity index (χ1) is 15.3. The maximum absolute atomic E-state index is 12.2. The lowest BCUT2D eigenvalue weighted by Crippen LogP contribution is -2.23. The second kappa shape index (κ2) is 10.4. The van der Waals surface area contributed by atoms with Crippen LogP contribution in [0.25, 0.3) is 0 Å². The fourth-order valence-electron chi connectivity index (χ4n) is 2.82. The van der Waals surface area contributed by atoms with E-state index >= 15 is 0 Å². The number of hydrogen-bond acceptors (Lipinski definition) is 4. The van der Waals surface area contributed by atoms with Gasteiger partial charge in [-0.1, -0.05) is 24.3 Å². The molecule has 0 radical (unpaired) electrons. The van der Waals surface area contributed by atoms with Crippen molar-refractivity contribution in [1.82, 2.24) is 10.3 Å². The highest BCUT2D eigenvalue weighted by Gasteiger charge is 2.30. The topological polar surface area (TPSA) is 80.3 Å². The van der Waals surface area contributed by atoms with Gasteiger partial charge in [-0.15, -0.1) is 13.2 Å². The number of rotatable bonds is 8. The van der Waals surface area contributed by atoms with Gasteiger partial charge in [-0.3, -0.25) is 14.6 Å². The summed E-state index contributed by atoms with van der Waals surface area (Å²) in [6.07, 6.45) is -1.01. The quantitative estimate of drug-likeness (QED) is 0.538. The molecule has 0 aliphatic rings. The number of nitrogens with one attached hydrogen (secondary N) is 2. The number of nitrogens with zero attached hydrogens (tertiary/aromatic N) is 1. The highest BCUT2D eigenvalue weighted by Crippen LogP contribution is 2.23. The van der Waals surface area contributed by atoms with Crippen molar-refractivity contribution in [3.8, 4) is 5.75 Å². The molecule has 166 valence electrons. The van der Waals surface area contributed by atoms with Gasteiger partial charge in [0.15, 0.2) is 0 Å². The number of hydrogen-bond donors (Lipinski definition) is 2. The number of pyridine rings is 1. The molecule has 9 heteroatoms. The Labute approximate surface area is 182 Å². The lowest BCUT2D eigenvalue weighted by atomic mass is 10.1. The van der Waals surface area contributed by atoms with Crippen molar-refractivity contribution in [1.29, 1.82) is 0 Å². The molecule has 1 aromatic heterocycles. The zero-order valence-corrected chi connectivity index (χ0v) is 16.9. The van der Waals surface area contributed by atoms with Crippen LogP contribution in [0, 0.1) is 0 Å². The Morgan fingerprint density at radius 1 is 0.938 bits per heavy atom. The Bertz CT molecular complexity index is 1040. The van der Waals surface area contributed by atoms with E-state index in [2.05, 4.69) is 20.4 Å². The van der Waals surface area contributed by atoms with Gasteiger partial charge < -0.3 is 15.4 Å². The van der Waals surface area contributed by atoms with Crippen molar-refractivity contribution in [2.24, 2.45) is 0 Å². The summed E-state index contributed by atoms with van der Waals surface area (Å²) in [5, 5.41) is 5.52. The summed E-state index contributed by atoms with van der Waals surface area (Å²) in [4.78, 5) is 28.2. The van der Waals surface area contributed by atoms with Crippen LogP contribution in [0.15, 0.2) is 73.1 Å². The lowest BCUT2D eigenvalue weighted by molar-refractivity contribution is -0.274. The normalized spacial score (nSPS) is 11.0. The van der Waals surface area contributed by atoms with Crippen molar-refractivity contribution in [3.05, 3.63) is 89.7 Å². The minimum atomic E-state index is -4.73. The minimum Gasteiger partial charge on any atom is -0.406 e. The number of benzene rings is 2. The van der Waals surface area contributed by atoms with E-state index in [4.69, 9.17) is 0 Å². The van der Waals surface area contributed by atoms with Gasteiger partial charge in [0.2, 0.25) is 5.91 Å². The van der Waals surface area contributed by atoms with Crippen molar-refractivity contribution in [2.75, 3.05) is 5.32 Å². The zero-order valence-electron chi connectivity index (χ0n) is 16.9. The van der Waals surface area contributed by atoms with Gasteiger partial charge in [-0.25, -0.2) is 0 Å². The number of aromatic nitrogens is 1.